The minimum Gasteiger partial charge on any atom is -0.306 e. The van der Waals surface area contributed by atoms with Gasteiger partial charge in [0.2, 0.25) is 0 Å². The Morgan fingerprint density at radius 3 is 1.90 bits per heavy atom. The molecule has 0 bridgehead atoms. The summed E-state index contributed by atoms with van der Waals surface area (Å²) in [7, 11) is 0. The van der Waals surface area contributed by atoms with E-state index in [1.807, 2.05) is 30.3 Å². The number of halogens is 1. The molecule has 3 heteroatoms. The van der Waals surface area contributed by atoms with Gasteiger partial charge in [-0.05, 0) is 61.1 Å². The third-order valence-corrected chi connectivity index (χ3v) is 4.18. The first kappa shape index (κ1) is 16.7. The largest absolute Gasteiger partial charge is 0.306 e. The molecule has 2 aromatic rings. The van der Waals surface area contributed by atoms with Crippen LogP contribution >= 0.6 is 12.4 Å². The van der Waals surface area contributed by atoms with Crippen LogP contribution in [-0.2, 0) is 5.66 Å². The van der Waals surface area contributed by atoms with E-state index in [-0.39, 0.29) is 12.4 Å². The van der Waals surface area contributed by atoms with E-state index in [4.69, 9.17) is 11.5 Å². The van der Waals surface area contributed by atoms with Gasteiger partial charge < -0.3 is 11.5 Å². The molecule has 0 aliphatic heterocycles. The summed E-state index contributed by atoms with van der Waals surface area (Å²) in [5, 5.41) is 0. The molecule has 0 fully saturated rings. The van der Waals surface area contributed by atoms with Gasteiger partial charge in [-0.15, -0.1) is 12.4 Å². The molecular weight excluding hydrogens is 268 g/mol. The molecule has 0 aliphatic carbocycles. The van der Waals surface area contributed by atoms with Gasteiger partial charge in [0.05, 0.1) is 0 Å². The summed E-state index contributed by atoms with van der Waals surface area (Å²) in [6, 6.07) is 12.0. The first-order valence-corrected chi connectivity index (χ1v) is 6.57. The molecule has 2 rings (SSSR count). The maximum Gasteiger partial charge on any atom is 0.117 e. The fraction of sp³-hybridized carbons (Fsp3) is 0.294. The van der Waals surface area contributed by atoms with Crippen LogP contribution in [0.15, 0.2) is 36.4 Å². The Kier molecular flexibility index (Phi) is 4.98. The topological polar surface area (TPSA) is 52.0 Å². The van der Waals surface area contributed by atoms with E-state index in [0.29, 0.717) is 0 Å². The molecule has 108 valence electrons. The monoisotopic (exact) mass is 290 g/mol. The number of benzene rings is 2. The van der Waals surface area contributed by atoms with Crippen molar-refractivity contribution >= 4 is 12.4 Å². The highest BCUT2D eigenvalue weighted by Gasteiger charge is 2.27. The summed E-state index contributed by atoms with van der Waals surface area (Å²) in [4.78, 5) is 0. The molecule has 2 nitrogen and oxygen atoms in total. The van der Waals surface area contributed by atoms with Crippen molar-refractivity contribution in [2.24, 2.45) is 11.5 Å². The predicted molar refractivity (Wildman–Crippen MR) is 88.2 cm³/mol. The number of nitrogens with two attached hydrogens (primary N) is 2. The fourth-order valence-electron chi connectivity index (χ4n) is 2.51. The van der Waals surface area contributed by atoms with E-state index < -0.39 is 5.66 Å². The van der Waals surface area contributed by atoms with Crippen LogP contribution in [0.5, 0.6) is 0 Å². The van der Waals surface area contributed by atoms with Crippen molar-refractivity contribution in [1.82, 2.24) is 0 Å². The second-order valence-electron chi connectivity index (χ2n) is 5.35. The normalized spacial score (nSPS) is 11.1. The van der Waals surface area contributed by atoms with Gasteiger partial charge in [-0.3, -0.25) is 0 Å². The molecule has 0 saturated heterocycles. The first-order chi connectivity index (χ1) is 8.85. The van der Waals surface area contributed by atoms with Crippen molar-refractivity contribution in [3.63, 3.8) is 0 Å². The molecule has 0 saturated carbocycles. The summed E-state index contributed by atoms with van der Waals surface area (Å²) < 4.78 is 0. The molecule has 0 aromatic heterocycles. The Balaban J connectivity index is 0.00000200. The molecule has 0 radical (unpaired) electrons. The van der Waals surface area contributed by atoms with Gasteiger partial charge in [0.15, 0.2) is 0 Å². The number of rotatable bonds is 2. The minimum atomic E-state index is -0.950. The quantitative estimate of drug-likeness (QED) is 0.832. The third-order valence-electron chi connectivity index (χ3n) is 4.18. The van der Waals surface area contributed by atoms with Gasteiger partial charge in [0.25, 0.3) is 0 Å². The number of hydrogen-bond acceptors (Lipinski definition) is 2. The second-order valence-corrected chi connectivity index (χ2v) is 5.35. The summed E-state index contributed by atoms with van der Waals surface area (Å²) in [5.74, 6) is 0. The lowest BCUT2D eigenvalue weighted by molar-refractivity contribution is 0.562. The van der Waals surface area contributed by atoms with E-state index in [1.54, 1.807) is 0 Å². The second kappa shape index (κ2) is 5.96. The van der Waals surface area contributed by atoms with Crippen LogP contribution in [-0.4, -0.2) is 0 Å². The average molecular weight is 291 g/mol. The van der Waals surface area contributed by atoms with E-state index in [0.717, 1.165) is 11.1 Å². The molecule has 0 atom stereocenters. The van der Waals surface area contributed by atoms with E-state index in [1.165, 1.54) is 22.3 Å². The lowest BCUT2D eigenvalue weighted by atomic mass is 9.85. The lowest BCUT2D eigenvalue weighted by Gasteiger charge is -2.29. The zero-order chi connectivity index (χ0) is 14.2. The highest BCUT2D eigenvalue weighted by atomic mass is 35.5. The maximum atomic E-state index is 6.43. The highest BCUT2D eigenvalue weighted by molar-refractivity contribution is 5.85. The minimum absolute atomic E-state index is 0. The van der Waals surface area contributed by atoms with Crippen LogP contribution < -0.4 is 11.5 Å². The highest BCUT2D eigenvalue weighted by Crippen LogP contribution is 2.29. The molecule has 0 aliphatic rings. The Hall–Kier alpha value is -1.35. The summed E-state index contributed by atoms with van der Waals surface area (Å²) in [5.41, 5.74) is 18.8. The Morgan fingerprint density at radius 1 is 0.800 bits per heavy atom. The molecule has 0 unspecified atom stereocenters. The Labute approximate surface area is 127 Å². The smallest absolute Gasteiger partial charge is 0.117 e. The number of hydrogen-bond donors (Lipinski definition) is 2. The van der Waals surface area contributed by atoms with Crippen LogP contribution in [0, 0.1) is 27.7 Å². The van der Waals surface area contributed by atoms with Crippen molar-refractivity contribution in [3.8, 4) is 0 Å². The van der Waals surface area contributed by atoms with E-state index >= 15 is 0 Å². The van der Waals surface area contributed by atoms with E-state index in [9.17, 15) is 0 Å². The first-order valence-electron chi connectivity index (χ1n) is 6.57. The summed E-state index contributed by atoms with van der Waals surface area (Å²) in [6.45, 7) is 8.46. The van der Waals surface area contributed by atoms with Crippen LogP contribution in [0.2, 0.25) is 0 Å². The Morgan fingerprint density at radius 2 is 1.35 bits per heavy atom. The van der Waals surface area contributed by atoms with Crippen molar-refractivity contribution < 1.29 is 0 Å². The maximum absolute atomic E-state index is 6.43. The molecule has 0 amide bonds. The van der Waals surface area contributed by atoms with Crippen molar-refractivity contribution in [1.29, 1.82) is 0 Å². The average Bonchev–Trinajstić information content (AvgIpc) is 2.41. The van der Waals surface area contributed by atoms with Crippen molar-refractivity contribution in [2.75, 3.05) is 0 Å². The van der Waals surface area contributed by atoms with E-state index in [2.05, 4.69) is 33.8 Å². The Bertz CT molecular complexity index is 604. The van der Waals surface area contributed by atoms with Gasteiger partial charge in [-0.25, -0.2) is 0 Å². The summed E-state index contributed by atoms with van der Waals surface area (Å²) in [6.07, 6.45) is 0. The molecule has 0 spiro atoms. The van der Waals surface area contributed by atoms with Crippen LogP contribution in [0.1, 0.15) is 33.4 Å². The molecular formula is C17H23ClN2. The third kappa shape index (κ3) is 2.73. The van der Waals surface area contributed by atoms with Gasteiger partial charge in [0.1, 0.15) is 5.66 Å². The molecule has 4 N–H and O–H groups in total. The molecule has 2 aromatic carbocycles. The van der Waals surface area contributed by atoms with Crippen molar-refractivity contribution in [2.45, 2.75) is 33.4 Å². The van der Waals surface area contributed by atoms with Gasteiger partial charge in [-0.1, -0.05) is 36.4 Å². The van der Waals surface area contributed by atoms with Gasteiger partial charge in [0, 0.05) is 0 Å². The fourth-order valence-corrected chi connectivity index (χ4v) is 2.51. The SMILES string of the molecule is Cc1cc(C(N)(N)c2ccccc2)c(C)c(C)c1C.Cl. The molecule has 0 heterocycles. The van der Waals surface area contributed by atoms with Crippen molar-refractivity contribution in [3.05, 3.63) is 69.8 Å². The molecule has 20 heavy (non-hydrogen) atoms. The van der Waals surface area contributed by atoms with Gasteiger partial charge in [-0.2, -0.15) is 0 Å². The standard InChI is InChI=1S/C17H22N2.ClH/c1-11-10-16(14(4)13(3)12(11)2)17(18,19)15-8-6-5-7-9-15;/h5-10H,18-19H2,1-4H3;1H. The summed E-state index contributed by atoms with van der Waals surface area (Å²) >= 11 is 0. The predicted octanol–water partition coefficient (Wildman–Crippen LogP) is 3.46. The zero-order valence-electron chi connectivity index (χ0n) is 12.5. The van der Waals surface area contributed by atoms with Crippen LogP contribution in [0.3, 0.4) is 0 Å². The van der Waals surface area contributed by atoms with Crippen LogP contribution in [0.25, 0.3) is 0 Å². The zero-order valence-corrected chi connectivity index (χ0v) is 13.3. The lowest BCUT2D eigenvalue weighted by Crippen LogP contribution is -2.47. The van der Waals surface area contributed by atoms with Crippen LogP contribution in [0.4, 0.5) is 0 Å². The van der Waals surface area contributed by atoms with Gasteiger partial charge >= 0.3 is 0 Å². The number of aryl methyl sites for hydroxylation is 1.